The Hall–Kier alpha value is -1.03. The van der Waals surface area contributed by atoms with Gasteiger partial charge in [-0.3, -0.25) is 4.79 Å². The molecule has 1 unspecified atom stereocenters. The summed E-state index contributed by atoms with van der Waals surface area (Å²) in [5.74, 6) is 1.27. The summed E-state index contributed by atoms with van der Waals surface area (Å²) in [7, 11) is 1.69. The number of aryl methyl sites for hydroxylation is 1. The van der Waals surface area contributed by atoms with Gasteiger partial charge in [0.1, 0.15) is 0 Å². The molecule has 0 saturated carbocycles. The summed E-state index contributed by atoms with van der Waals surface area (Å²) >= 11 is 5.65. The number of rotatable bonds is 4. The molecular formula is C9H14ClN3O. The largest absolute Gasteiger partial charge is 0.365 e. The summed E-state index contributed by atoms with van der Waals surface area (Å²) in [5.41, 5.74) is -0.116. The number of nitrogens with one attached hydrogen (secondary N) is 1. The zero-order chi connectivity index (χ0) is 10.6. The molecule has 0 radical (unpaired) electrons. The first-order chi connectivity index (χ1) is 6.65. The first kappa shape index (κ1) is 11.0. The van der Waals surface area contributed by atoms with Crippen LogP contribution in [0.3, 0.4) is 0 Å². The SMILES string of the molecule is CC(CCl)CNc1nccn(C)c1=O. The van der Waals surface area contributed by atoms with E-state index in [0.29, 0.717) is 24.2 Å². The number of nitrogens with zero attached hydrogens (tertiary/aromatic N) is 2. The highest BCUT2D eigenvalue weighted by molar-refractivity contribution is 6.18. The van der Waals surface area contributed by atoms with Crippen molar-refractivity contribution in [2.45, 2.75) is 6.92 Å². The predicted molar refractivity (Wildman–Crippen MR) is 57.9 cm³/mol. The molecule has 0 aliphatic carbocycles. The highest BCUT2D eigenvalue weighted by Crippen LogP contribution is 1.99. The molecule has 1 heterocycles. The quantitative estimate of drug-likeness (QED) is 0.765. The van der Waals surface area contributed by atoms with Gasteiger partial charge in [-0.15, -0.1) is 11.6 Å². The molecule has 1 aromatic heterocycles. The van der Waals surface area contributed by atoms with Crippen LogP contribution in [0.2, 0.25) is 0 Å². The van der Waals surface area contributed by atoms with Crippen LogP contribution in [0.15, 0.2) is 17.2 Å². The first-order valence-electron chi connectivity index (χ1n) is 4.46. The minimum Gasteiger partial charge on any atom is -0.365 e. The molecule has 0 bridgehead atoms. The number of hydrogen-bond acceptors (Lipinski definition) is 3. The van der Waals surface area contributed by atoms with Gasteiger partial charge in [0.25, 0.3) is 5.56 Å². The Morgan fingerprint density at radius 2 is 2.43 bits per heavy atom. The highest BCUT2D eigenvalue weighted by Gasteiger charge is 2.04. The van der Waals surface area contributed by atoms with Gasteiger partial charge in [0.05, 0.1) is 0 Å². The van der Waals surface area contributed by atoms with E-state index >= 15 is 0 Å². The van der Waals surface area contributed by atoms with E-state index in [9.17, 15) is 4.79 Å². The van der Waals surface area contributed by atoms with Crippen LogP contribution in [-0.2, 0) is 7.05 Å². The monoisotopic (exact) mass is 215 g/mol. The molecule has 1 rings (SSSR count). The van der Waals surface area contributed by atoms with Crippen LogP contribution in [0, 0.1) is 5.92 Å². The molecule has 78 valence electrons. The fraction of sp³-hybridized carbons (Fsp3) is 0.556. The van der Waals surface area contributed by atoms with Crippen molar-refractivity contribution in [1.82, 2.24) is 9.55 Å². The molecule has 14 heavy (non-hydrogen) atoms. The van der Waals surface area contributed by atoms with Crippen LogP contribution in [0.4, 0.5) is 5.82 Å². The third-order valence-corrected chi connectivity index (χ3v) is 2.43. The van der Waals surface area contributed by atoms with E-state index in [1.807, 2.05) is 6.92 Å². The van der Waals surface area contributed by atoms with E-state index in [4.69, 9.17) is 11.6 Å². The summed E-state index contributed by atoms with van der Waals surface area (Å²) < 4.78 is 1.49. The number of hydrogen-bond donors (Lipinski definition) is 1. The molecule has 0 spiro atoms. The highest BCUT2D eigenvalue weighted by atomic mass is 35.5. The lowest BCUT2D eigenvalue weighted by molar-refractivity contribution is 0.691. The van der Waals surface area contributed by atoms with Gasteiger partial charge in [0.15, 0.2) is 5.82 Å². The lowest BCUT2D eigenvalue weighted by Crippen LogP contribution is -2.24. The van der Waals surface area contributed by atoms with Crippen molar-refractivity contribution in [2.75, 3.05) is 17.7 Å². The van der Waals surface area contributed by atoms with E-state index in [1.54, 1.807) is 19.4 Å². The Balaban J connectivity index is 2.68. The average Bonchev–Trinajstić information content (AvgIpc) is 2.20. The topological polar surface area (TPSA) is 46.9 Å². The Morgan fingerprint density at radius 1 is 1.71 bits per heavy atom. The summed E-state index contributed by atoms with van der Waals surface area (Å²) in [6, 6.07) is 0. The van der Waals surface area contributed by atoms with Crippen molar-refractivity contribution < 1.29 is 0 Å². The van der Waals surface area contributed by atoms with Crippen molar-refractivity contribution in [2.24, 2.45) is 13.0 Å². The van der Waals surface area contributed by atoms with E-state index in [0.717, 1.165) is 0 Å². The Bertz CT molecular complexity index is 350. The number of halogens is 1. The van der Waals surface area contributed by atoms with Gasteiger partial charge in [-0.2, -0.15) is 0 Å². The fourth-order valence-corrected chi connectivity index (χ4v) is 1.05. The minimum absolute atomic E-state index is 0.116. The second-order valence-electron chi connectivity index (χ2n) is 3.33. The smallest absolute Gasteiger partial charge is 0.293 e. The molecule has 5 heteroatoms. The van der Waals surface area contributed by atoms with E-state index in [-0.39, 0.29) is 5.56 Å². The normalized spacial score (nSPS) is 12.5. The van der Waals surface area contributed by atoms with Gasteiger partial charge in [0, 0.05) is 31.9 Å². The minimum atomic E-state index is -0.116. The third kappa shape index (κ3) is 2.73. The molecule has 1 atom stereocenters. The van der Waals surface area contributed by atoms with Gasteiger partial charge >= 0.3 is 0 Å². The molecule has 4 nitrogen and oxygen atoms in total. The molecule has 0 saturated heterocycles. The van der Waals surface area contributed by atoms with Crippen molar-refractivity contribution in [1.29, 1.82) is 0 Å². The van der Waals surface area contributed by atoms with E-state index < -0.39 is 0 Å². The second kappa shape index (κ2) is 5.00. The van der Waals surface area contributed by atoms with Gasteiger partial charge < -0.3 is 9.88 Å². The fourth-order valence-electron chi connectivity index (χ4n) is 0.945. The summed E-state index contributed by atoms with van der Waals surface area (Å²) in [5, 5.41) is 2.98. The maximum absolute atomic E-state index is 11.5. The first-order valence-corrected chi connectivity index (χ1v) is 5.00. The molecule has 0 aliphatic rings. The standard InChI is InChI=1S/C9H14ClN3O/c1-7(5-10)6-12-8-9(14)13(2)4-3-11-8/h3-4,7H,5-6H2,1-2H3,(H,11,12). The van der Waals surface area contributed by atoms with E-state index in [2.05, 4.69) is 10.3 Å². The van der Waals surface area contributed by atoms with Crippen LogP contribution in [0.5, 0.6) is 0 Å². The van der Waals surface area contributed by atoms with Crippen molar-refractivity contribution in [3.63, 3.8) is 0 Å². The Morgan fingerprint density at radius 3 is 3.07 bits per heavy atom. The molecule has 1 aromatic rings. The number of anilines is 1. The summed E-state index contributed by atoms with van der Waals surface area (Å²) in [6.45, 7) is 2.67. The summed E-state index contributed by atoms with van der Waals surface area (Å²) in [6.07, 6.45) is 3.22. The van der Waals surface area contributed by atoms with Crippen LogP contribution >= 0.6 is 11.6 Å². The molecule has 0 aromatic carbocycles. The lowest BCUT2D eigenvalue weighted by Gasteiger charge is -2.09. The van der Waals surface area contributed by atoms with Gasteiger partial charge in [-0.25, -0.2) is 4.98 Å². The van der Waals surface area contributed by atoms with Crippen molar-refractivity contribution in [3.05, 3.63) is 22.7 Å². The Kier molecular flexibility index (Phi) is 3.95. The van der Waals surface area contributed by atoms with Crippen LogP contribution in [0.1, 0.15) is 6.92 Å². The lowest BCUT2D eigenvalue weighted by atomic mass is 10.2. The Labute approximate surface area is 87.9 Å². The van der Waals surface area contributed by atoms with Crippen molar-refractivity contribution >= 4 is 17.4 Å². The number of aromatic nitrogens is 2. The maximum atomic E-state index is 11.5. The van der Waals surface area contributed by atoms with Crippen molar-refractivity contribution in [3.8, 4) is 0 Å². The van der Waals surface area contributed by atoms with Gasteiger partial charge in [0.2, 0.25) is 0 Å². The molecule has 0 aliphatic heterocycles. The second-order valence-corrected chi connectivity index (χ2v) is 3.64. The van der Waals surface area contributed by atoms with Crippen LogP contribution in [-0.4, -0.2) is 22.0 Å². The van der Waals surface area contributed by atoms with Gasteiger partial charge in [-0.05, 0) is 5.92 Å². The molecule has 1 N–H and O–H groups in total. The molecule has 0 fully saturated rings. The maximum Gasteiger partial charge on any atom is 0.293 e. The average molecular weight is 216 g/mol. The van der Waals surface area contributed by atoms with Crippen LogP contribution in [0.25, 0.3) is 0 Å². The zero-order valence-corrected chi connectivity index (χ0v) is 9.08. The molecule has 0 amide bonds. The van der Waals surface area contributed by atoms with Gasteiger partial charge in [-0.1, -0.05) is 6.92 Å². The number of alkyl halides is 1. The molecular weight excluding hydrogens is 202 g/mol. The summed E-state index contributed by atoms with van der Waals surface area (Å²) in [4.78, 5) is 15.4. The van der Waals surface area contributed by atoms with E-state index in [1.165, 1.54) is 4.57 Å². The third-order valence-electron chi connectivity index (χ3n) is 1.90. The zero-order valence-electron chi connectivity index (χ0n) is 8.33. The predicted octanol–water partition coefficient (Wildman–Crippen LogP) is 1.07. The van der Waals surface area contributed by atoms with Crippen LogP contribution < -0.4 is 10.9 Å².